The SMILES string of the molecule is CCC1(C(=O)O[C@H](C)c2nnc(C)o2)CCC(O)CC1. The zero-order valence-corrected chi connectivity index (χ0v) is 12.3. The highest BCUT2D eigenvalue weighted by Gasteiger charge is 2.42. The van der Waals surface area contributed by atoms with Crippen LogP contribution in [0.15, 0.2) is 4.42 Å². The molecule has 0 saturated heterocycles. The zero-order chi connectivity index (χ0) is 14.8. The van der Waals surface area contributed by atoms with Crippen molar-refractivity contribution in [3.63, 3.8) is 0 Å². The van der Waals surface area contributed by atoms with Crippen LogP contribution in [0.3, 0.4) is 0 Å². The van der Waals surface area contributed by atoms with E-state index in [4.69, 9.17) is 9.15 Å². The fourth-order valence-electron chi connectivity index (χ4n) is 2.67. The number of rotatable bonds is 4. The number of aliphatic hydroxyl groups excluding tert-OH is 1. The van der Waals surface area contributed by atoms with E-state index in [9.17, 15) is 9.90 Å². The van der Waals surface area contributed by atoms with Gasteiger partial charge >= 0.3 is 5.97 Å². The number of ether oxygens (including phenoxy) is 1. The topological polar surface area (TPSA) is 85.5 Å². The van der Waals surface area contributed by atoms with E-state index in [-0.39, 0.29) is 12.1 Å². The molecule has 0 aliphatic heterocycles. The van der Waals surface area contributed by atoms with Crippen molar-refractivity contribution in [3.05, 3.63) is 11.8 Å². The summed E-state index contributed by atoms with van der Waals surface area (Å²) in [6.07, 6.45) is 2.51. The summed E-state index contributed by atoms with van der Waals surface area (Å²) in [6, 6.07) is 0. The summed E-state index contributed by atoms with van der Waals surface area (Å²) in [4.78, 5) is 12.5. The molecule has 1 aliphatic carbocycles. The van der Waals surface area contributed by atoms with Gasteiger partial charge in [0.2, 0.25) is 5.89 Å². The molecule has 0 aromatic carbocycles. The lowest BCUT2D eigenvalue weighted by atomic mass is 9.71. The average Bonchev–Trinajstić information content (AvgIpc) is 2.86. The number of aryl methyl sites for hydroxylation is 1. The largest absolute Gasteiger partial charge is 0.452 e. The summed E-state index contributed by atoms with van der Waals surface area (Å²) in [7, 11) is 0. The van der Waals surface area contributed by atoms with E-state index in [0.29, 0.717) is 43.9 Å². The molecule has 6 heteroatoms. The van der Waals surface area contributed by atoms with Crippen LogP contribution >= 0.6 is 0 Å². The maximum atomic E-state index is 12.5. The summed E-state index contributed by atoms with van der Waals surface area (Å²) in [5.74, 6) is 0.544. The average molecular weight is 282 g/mol. The molecule has 1 aliphatic rings. The van der Waals surface area contributed by atoms with Crippen LogP contribution in [0.2, 0.25) is 0 Å². The fraction of sp³-hybridized carbons (Fsp3) is 0.786. The Morgan fingerprint density at radius 1 is 1.50 bits per heavy atom. The lowest BCUT2D eigenvalue weighted by Gasteiger charge is -2.36. The monoisotopic (exact) mass is 282 g/mol. The van der Waals surface area contributed by atoms with Crippen LogP contribution in [0.5, 0.6) is 0 Å². The van der Waals surface area contributed by atoms with Gasteiger partial charge in [-0.3, -0.25) is 4.79 Å². The van der Waals surface area contributed by atoms with Gasteiger partial charge in [-0.05, 0) is 39.0 Å². The van der Waals surface area contributed by atoms with E-state index in [0.717, 1.165) is 0 Å². The minimum Gasteiger partial charge on any atom is -0.452 e. The number of aliphatic hydroxyl groups is 1. The van der Waals surface area contributed by atoms with Gasteiger partial charge in [0.05, 0.1) is 11.5 Å². The molecule has 1 fully saturated rings. The Hall–Kier alpha value is -1.43. The normalized spacial score (nSPS) is 28.1. The van der Waals surface area contributed by atoms with E-state index >= 15 is 0 Å². The third-order valence-electron chi connectivity index (χ3n) is 4.20. The van der Waals surface area contributed by atoms with Gasteiger partial charge in [-0.15, -0.1) is 10.2 Å². The Bertz CT molecular complexity index is 463. The molecule has 20 heavy (non-hydrogen) atoms. The van der Waals surface area contributed by atoms with Crippen molar-refractivity contribution in [1.82, 2.24) is 10.2 Å². The zero-order valence-electron chi connectivity index (χ0n) is 12.3. The van der Waals surface area contributed by atoms with Crippen molar-refractivity contribution in [2.45, 2.75) is 65.1 Å². The highest BCUT2D eigenvalue weighted by Crippen LogP contribution is 2.41. The van der Waals surface area contributed by atoms with Crippen LogP contribution in [0.1, 0.15) is 63.8 Å². The number of carbonyl (C=O) groups excluding carboxylic acids is 1. The maximum Gasteiger partial charge on any atom is 0.312 e. The van der Waals surface area contributed by atoms with Crippen molar-refractivity contribution in [2.75, 3.05) is 0 Å². The van der Waals surface area contributed by atoms with E-state index < -0.39 is 11.5 Å². The number of carbonyl (C=O) groups is 1. The van der Waals surface area contributed by atoms with E-state index in [1.807, 2.05) is 6.92 Å². The van der Waals surface area contributed by atoms with Gasteiger partial charge in [-0.2, -0.15) is 0 Å². The van der Waals surface area contributed by atoms with Crippen molar-refractivity contribution >= 4 is 5.97 Å². The molecule has 1 aromatic heterocycles. The van der Waals surface area contributed by atoms with Gasteiger partial charge < -0.3 is 14.3 Å². The van der Waals surface area contributed by atoms with Crippen molar-refractivity contribution in [2.24, 2.45) is 5.41 Å². The third kappa shape index (κ3) is 3.00. The second-order valence-corrected chi connectivity index (χ2v) is 5.57. The fourth-order valence-corrected chi connectivity index (χ4v) is 2.67. The highest BCUT2D eigenvalue weighted by atomic mass is 16.6. The number of hydrogen-bond acceptors (Lipinski definition) is 6. The second-order valence-electron chi connectivity index (χ2n) is 5.57. The molecular formula is C14H22N2O4. The van der Waals surface area contributed by atoms with Crippen molar-refractivity contribution < 1.29 is 19.1 Å². The summed E-state index contributed by atoms with van der Waals surface area (Å²) < 4.78 is 10.8. The number of esters is 1. The molecule has 0 unspecified atom stereocenters. The van der Waals surface area contributed by atoms with E-state index in [1.165, 1.54) is 0 Å². The van der Waals surface area contributed by atoms with Gasteiger partial charge in [-0.1, -0.05) is 6.92 Å². The van der Waals surface area contributed by atoms with Crippen molar-refractivity contribution in [3.8, 4) is 0 Å². The van der Waals surface area contributed by atoms with Crippen LogP contribution in [-0.4, -0.2) is 27.4 Å². The smallest absolute Gasteiger partial charge is 0.312 e. The van der Waals surface area contributed by atoms with Gasteiger partial charge in [0.15, 0.2) is 6.10 Å². The van der Waals surface area contributed by atoms with Crippen LogP contribution in [-0.2, 0) is 9.53 Å². The number of nitrogens with zero attached hydrogens (tertiary/aromatic N) is 2. The molecule has 112 valence electrons. The predicted octanol–water partition coefficient (Wildman–Crippen LogP) is 2.31. The first-order valence-electron chi connectivity index (χ1n) is 7.16. The standard InChI is InChI=1S/C14H22N2O4/c1-4-14(7-5-11(17)6-8-14)13(18)19-9(2)12-16-15-10(3)20-12/h9,11,17H,4-8H2,1-3H3/t9-,11?,14?/m1/s1. The molecule has 1 atom stereocenters. The van der Waals surface area contributed by atoms with Crippen LogP contribution in [0.4, 0.5) is 0 Å². The van der Waals surface area contributed by atoms with Crippen LogP contribution in [0.25, 0.3) is 0 Å². The quantitative estimate of drug-likeness (QED) is 0.853. The molecule has 0 bridgehead atoms. The Labute approximate surface area is 118 Å². The van der Waals surface area contributed by atoms with E-state index in [1.54, 1.807) is 13.8 Å². The van der Waals surface area contributed by atoms with Gasteiger partial charge in [0, 0.05) is 6.92 Å². The second kappa shape index (κ2) is 5.91. The lowest BCUT2D eigenvalue weighted by molar-refractivity contribution is -0.166. The summed E-state index contributed by atoms with van der Waals surface area (Å²) >= 11 is 0. The third-order valence-corrected chi connectivity index (χ3v) is 4.20. The van der Waals surface area contributed by atoms with Crippen LogP contribution in [0, 0.1) is 12.3 Å². The molecule has 1 saturated carbocycles. The number of hydrogen-bond donors (Lipinski definition) is 1. The minimum atomic E-state index is -0.543. The molecule has 6 nitrogen and oxygen atoms in total. The Balaban J connectivity index is 2.02. The molecule has 1 aromatic rings. The predicted molar refractivity (Wildman–Crippen MR) is 70.7 cm³/mol. The summed E-state index contributed by atoms with van der Waals surface area (Å²) in [5, 5.41) is 17.2. The van der Waals surface area contributed by atoms with Gasteiger partial charge in [0.25, 0.3) is 5.89 Å². The maximum absolute atomic E-state index is 12.5. The van der Waals surface area contributed by atoms with Crippen LogP contribution < -0.4 is 0 Å². The molecule has 0 amide bonds. The van der Waals surface area contributed by atoms with Gasteiger partial charge in [0.1, 0.15) is 0 Å². The Kier molecular flexibility index (Phi) is 4.42. The molecule has 0 radical (unpaired) electrons. The molecular weight excluding hydrogens is 260 g/mol. The first-order valence-corrected chi connectivity index (χ1v) is 7.16. The van der Waals surface area contributed by atoms with Crippen molar-refractivity contribution in [1.29, 1.82) is 0 Å². The Morgan fingerprint density at radius 3 is 2.65 bits per heavy atom. The summed E-state index contributed by atoms with van der Waals surface area (Å²) in [5.41, 5.74) is -0.484. The first-order chi connectivity index (χ1) is 9.47. The molecule has 1 N–H and O–H groups in total. The number of aromatic nitrogens is 2. The molecule has 2 rings (SSSR count). The lowest BCUT2D eigenvalue weighted by Crippen LogP contribution is -2.38. The summed E-state index contributed by atoms with van der Waals surface area (Å²) in [6.45, 7) is 5.41. The van der Waals surface area contributed by atoms with E-state index in [2.05, 4.69) is 10.2 Å². The highest BCUT2D eigenvalue weighted by molar-refractivity contribution is 5.77. The first kappa shape index (κ1) is 15.0. The minimum absolute atomic E-state index is 0.227. The Morgan fingerprint density at radius 2 is 2.15 bits per heavy atom. The molecule has 0 spiro atoms. The molecule has 1 heterocycles. The van der Waals surface area contributed by atoms with Gasteiger partial charge in [-0.25, -0.2) is 0 Å².